The molecule has 0 saturated carbocycles. The second kappa shape index (κ2) is 16.8. The van der Waals surface area contributed by atoms with Crippen molar-refractivity contribution in [3.05, 3.63) is 246 Å². The second-order valence-corrected chi connectivity index (χ2v) is 17.7. The molecular weight excluding hydrogens is 837 g/mol. The molecule has 11 rings (SSSR count). The van der Waals surface area contributed by atoms with Gasteiger partial charge in [0.2, 0.25) is 0 Å². The van der Waals surface area contributed by atoms with Crippen LogP contribution in [0.25, 0.3) is 49.7 Å². The summed E-state index contributed by atoms with van der Waals surface area (Å²) in [5.74, 6) is -5.97. The number of anilines is 6. The Kier molecular flexibility index (Phi) is 10.5. The van der Waals surface area contributed by atoms with Gasteiger partial charge in [-0.3, -0.25) is 0 Å². The van der Waals surface area contributed by atoms with Crippen LogP contribution < -0.4 is 9.80 Å². The van der Waals surface area contributed by atoms with Gasteiger partial charge in [0, 0.05) is 33.6 Å². The molecule has 9 aromatic carbocycles. The molecule has 0 unspecified atom stereocenters. The number of benzene rings is 9. The smallest absolute Gasteiger partial charge is 0.186 e. The molecule has 6 heteroatoms. The monoisotopic (exact) mass is 880 g/mol. The SMILES string of the molecule is CC1(C)C2=C(C=CCC2)c2ccc(N(c3c(F)c(F)c(-c4ccc(N(c5ccc(-c6ccccc6)cc5)c5cccc(-c6ccccc6)c5)cc4)c(F)c3F)c3cccc4ccccc34)cc21. The number of halogens is 4. The van der Waals surface area contributed by atoms with Crippen LogP contribution in [0.2, 0.25) is 0 Å². The van der Waals surface area contributed by atoms with Gasteiger partial charge in [-0.2, -0.15) is 0 Å². The molecule has 9 aromatic rings. The van der Waals surface area contributed by atoms with Crippen LogP contribution in [-0.2, 0) is 5.41 Å². The van der Waals surface area contributed by atoms with E-state index in [1.807, 2.05) is 114 Å². The molecule has 0 atom stereocenters. The summed E-state index contributed by atoms with van der Waals surface area (Å²) < 4.78 is 68.4. The summed E-state index contributed by atoms with van der Waals surface area (Å²) in [5, 5.41) is 1.47. The largest absolute Gasteiger partial charge is 0.310 e. The molecule has 0 saturated heterocycles. The van der Waals surface area contributed by atoms with Crippen LogP contribution in [0.3, 0.4) is 0 Å². The zero-order chi connectivity index (χ0) is 45.8. The Balaban J connectivity index is 1.02. The van der Waals surface area contributed by atoms with E-state index in [1.165, 1.54) is 22.6 Å². The van der Waals surface area contributed by atoms with Gasteiger partial charge in [-0.05, 0) is 117 Å². The summed E-state index contributed by atoms with van der Waals surface area (Å²) in [7, 11) is 0. The van der Waals surface area contributed by atoms with E-state index in [0.717, 1.165) is 68.6 Å². The fraction of sp³-hybridized carbons (Fsp3) is 0.0820. The van der Waals surface area contributed by atoms with E-state index in [-0.39, 0.29) is 11.0 Å². The Morgan fingerprint density at radius 1 is 0.448 bits per heavy atom. The minimum Gasteiger partial charge on any atom is -0.310 e. The number of allylic oxidation sites excluding steroid dienone is 4. The number of hydrogen-bond donors (Lipinski definition) is 0. The highest BCUT2D eigenvalue weighted by Gasteiger charge is 2.39. The molecule has 0 radical (unpaired) electrons. The molecule has 0 N–H and O–H groups in total. The van der Waals surface area contributed by atoms with Crippen molar-refractivity contribution in [3.8, 4) is 33.4 Å². The van der Waals surface area contributed by atoms with Gasteiger partial charge in [0.1, 0.15) is 5.69 Å². The zero-order valence-corrected chi connectivity index (χ0v) is 37.0. The third kappa shape index (κ3) is 7.21. The molecule has 2 aliphatic rings. The second-order valence-electron chi connectivity index (χ2n) is 17.7. The van der Waals surface area contributed by atoms with Gasteiger partial charge in [0.15, 0.2) is 23.3 Å². The summed E-state index contributed by atoms with van der Waals surface area (Å²) in [6, 6.07) is 61.4. The van der Waals surface area contributed by atoms with Crippen LogP contribution in [0.5, 0.6) is 0 Å². The topological polar surface area (TPSA) is 6.48 Å². The van der Waals surface area contributed by atoms with Crippen molar-refractivity contribution in [2.75, 3.05) is 9.80 Å². The predicted octanol–water partition coefficient (Wildman–Crippen LogP) is 17.7. The van der Waals surface area contributed by atoms with Crippen molar-refractivity contribution in [3.63, 3.8) is 0 Å². The van der Waals surface area contributed by atoms with E-state index in [4.69, 9.17) is 0 Å². The first-order valence-electron chi connectivity index (χ1n) is 22.6. The molecule has 2 nitrogen and oxygen atoms in total. The van der Waals surface area contributed by atoms with Gasteiger partial charge in [-0.1, -0.05) is 171 Å². The number of hydrogen-bond acceptors (Lipinski definition) is 2. The Labute approximate surface area is 388 Å². The highest BCUT2D eigenvalue weighted by Crippen LogP contribution is 2.53. The maximum atomic E-state index is 17.2. The first-order chi connectivity index (χ1) is 32.7. The Morgan fingerprint density at radius 2 is 0.985 bits per heavy atom. The van der Waals surface area contributed by atoms with E-state index < -0.39 is 34.5 Å². The Morgan fingerprint density at radius 3 is 1.67 bits per heavy atom. The molecule has 2 aliphatic carbocycles. The lowest BCUT2D eigenvalue weighted by Gasteiger charge is -2.30. The van der Waals surface area contributed by atoms with E-state index in [0.29, 0.717) is 22.4 Å². The third-order valence-electron chi connectivity index (χ3n) is 13.5. The van der Waals surface area contributed by atoms with Gasteiger partial charge in [0.25, 0.3) is 0 Å². The molecule has 326 valence electrons. The van der Waals surface area contributed by atoms with Gasteiger partial charge in [0.05, 0.1) is 11.3 Å². The first-order valence-corrected chi connectivity index (χ1v) is 22.6. The van der Waals surface area contributed by atoms with Crippen LogP contribution in [0.4, 0.5) is 51.7 Å². The molecule has 0 aromatic heterocycles. The van der Waals surface area contributed by atoms with Gasteiger partial charge in [-0.15, -0.1) is 0 Å². The summed E-state index contributed by atoms with van der Waals surface area (Å²) in [5.41, 5.74) is 9.78. The number of nitrogens with zero attached hydrogens (tertiary/aromatic N) is 2. The summed E-state index contributed by atoms with van der Waals surface area (Å²) in [6.45, 7) is 4.31. The van der Waals surface area contributed by atoms with Crippen LogP contribution in [-0.4, -0.2) is 0 Å². The number of rotatable bonds is 9. The maximum Gasteiger partial charge on any atom is 0.186 e. The van der Waals surface area contributed by atoms with E-state index in [2.05, 4.69) is 68.5 Å². The van der Waals surface area contributed by atoms with Crippen LogP contribution in [0.15, 0.2) is 212 Å². The highest BCUT2D eigenvalue weighted by molar-refractivity contribution is 6.00. The van der Waals surface area contributed by atoms with Crippen LogP contribution in [0.1, 0.15) is 37.8 Å². The fourth-order valence-corrected chi connectivity index (χ4v) is 10.1. The number of fused-ring (bicyclic) bond motifs is 3. The third-order valence-corrected chi connectivity index (χ3v) is 13.5. The van der Waals surface area contributed by atoms with Crippen molar-refractivity contribution in [2.45, 2.75) is 32.1 Å². The molecular formula is C61H44F4N2. The molecule has 0 amide bonds. The average molecular weight is 881 g/mol. The van der Waals surface area contributed by atoms with Crippen LogP contribution >= 0.6 is 0 Å². The zero-order valence-electron chi connectivity index (χ0n) is 37.0. The lowest BCUT2D eigenvalue weighted by Crippen LogP contribution is -2.20. The summed E-state index contributed by atoms with van der Waals surface area (Å²) in [4.78, 5) is 3.38. The van der Waals surface area contributed by atoms with Gasteiger partial charge >= 0.3 is 0 Å². The van der Waals surface area contributed by atoms with Crippen molar-refractivity contribution in [1.82, 2.24) is 0 Å². The van der Waals surface area contributed by atoms with Gasteiger partial charge < -0.3 is 9.80 Å². The van der Waals surface area contributed by atoms with E-state index >= 15 is 17.6 Å². The standard InChI is InChI=1S/C61H44F4N2/c1-61(2)52-25-12-11-24-50(52)51-36-35-48(38-53(51)61)67(54-26-14-20-42-19-9-10-23-49(42)54)60-58(64)56(62)55(57(63)59(60)65)43-29-33-46(34-30-43)66(45-31-27-41(28-32-45)39-15-5-3-6-16-39)47-22-13-21-44(37-47)40-17-7-4-8-18-40/h3-11,13-24,26-38H,12,25H2,1-2H3. The predicted molar refractivity (Wildman–Crippen MR) is 268 cm³/mol. The minimum atomic E-state index is -1.50. The summed E-state index contributed by atoms with van der Waals surface area (Å²) in [6.07, 6.45) is 6.14. The normalized spacial score (nSPS) is 13.7. The average Bonchev–Trinajstić information content (AvgIpc) is 3.61. The molecule has 0 bridgehead atoms. The lowest BCUT2D eigenvalue weighted by atomic mass is 9.78. The summed E-state index contributed by atoms with van der Waals surface area (Å²) >= 11 is 0. The van der Waals surface area contributed by atoms with Crippen molar-refractivity contribution in [2.24, 2.45) is 0 Å². The fourth-order valence-electron chi connectivity index (χ4n) is 10.1. The van der Waals surface area contributed by atoms with E-state index in [1.54, 1.807) is 30.3 Å². The van der Waals surface area contributed by atoms with Crippen molar-refractivity contribution >= 4 is 50.5 Å². The Hall–Kier alpha value is -7.96. The van der Waals surface area contributed by atoms with Crippen molar-refractivity contribution in [1.29, 1.82) is 0 Å². The molecule has 0 aliphatic heterocycles. The minimum absolute atomic E-state index is 0.0128. The highest BCUT2D eigenvalue weighted by atomic mass is 19.2. The lowest BCUT2D eigenvalue weighted by molar-refractivity contribution is 0.461. The molecule has 67 heavy (non-hydrogen) atoms. The molecule has 0 fully saturated rings. The Bertz CT molecular complexity index is 3380. The van der Waals surface area contributed by atoms with E-state index in [9.17, 15) is 0 Å². The molecule has 0 heterocycles. The van der Waals surface area contributed by atoms with Crippen LogP contribution in [0, 0.1) is 23.3 Å². The quantitative estimate of drug-likeness (QED) is 0.105. The van der Waals surface area contributed by atoms with Crippen molar-refractivity contribution < 1.29 is 17.6 Å². The molecule has 0 spiro atoms. The maximum absolute atomic E-state index is 17.2. The van der Waals surface area contributed by atoms with Gasteiger partial charge in [-0.25, -0.2) is 17.6 Å². The first kappa shape index (κ1) is 41.7.